The zero-order valence-electron chi connectivity index (χ0n) is 15.6. The third-order valence-corrected chi connectivity index (χ3v) is 5.34. The molecule has 1 amide bonds. The second-order valence-corrected chi connectivity index (χ2v) is 7.13. The number of anilines is 1. The fourth-order valence-electron chi connectivity index (χ4n) is 3.75. The summed E-state index contributed by atoms with van der Waals surface area (Å²) < 4.78 is 0. The topological polar surface area (TPSA) is 69.6 Å². The lowest BCUT2D eigenvalue weighted by Crippen LogP contribution is -2.36. The maximum absolute atomic E-state index is 12.7. The van der Waals surface area contributed by atoms with Crippen LogP contribution in [0, 0.1) is 0 Å². The minimum absolute atomic E-state index is 0.0105. The molecule has 1 unspecified atom stereocenters. The van der Waals surface area contributed by atoms with Crippen LogP contribution in [0.4, 0.5) is 5.69 Å². The molecule has 5 nitrogen and oxygen atoms in total. The molecular formula is C22H26N2O3. The van der Waals surface area contributed by atoms with Gasteiger partial charge < -0.3 is 15.3 Å². The summed E-state index contributed by atoms with van der Waals surface area (Å²) in [5, 5.41) is 12.2. The van der Waals surface area contributed by atoms with Crippen molar-refractivity contribution in [1.29, 1.82) is 0 Å². The number of nitrogens with one attached hydrogen (secondary N) is 1. The van der Waals surface area contributed by atoms with Crippen molar-refractivity contribution in [1.82, 2.24) is 4.90 Å². The van der Waals surface area contributed by atoms with Gasteiger partial charge in [-0.05, 0) is 63.0 Å². The zero-order chi connectivity index (χ0) is 19.2. The molecule has 0 spiro atoms. The van der Waals surface area contributed by atoms with Gasteiger partial charge in [0.2, 0.25) is 0 Å². The number of para-hydroxylation sites is 1. The average Bonchev–Trinajstić information content (AvgIpc) is 2.68. The summed E-state index contributed by atoms with van der Waals surface area (Å²) in [6, 6.07) is 14.6. The number of amides is 1. The number of nitrogens with zero attached hydrogens (tertiary/aromatic N) is 1. The maximum atomic E-state index is 12.7. The van der Waals surface area contributed by atoms with E-state index >= 15 is 0 Å². The Balaban J connectivity index is 1.72. The van der Waals surface area contributed by atoms with Crippen molar-refractivity contribution in [3.05, 3.63) is 65.2 Å². The predicted octanol–water partition coefficient (Wildman–Crippen LogP) is 4.05. The second-order valence-electron chi connectivity index (χ2n) is 7.13. The van der Waals surface area contributed by atoms with E-state index in [0.717, 1.165) is 30.6 Å². The number of carbonyl (C=O) groups is 2. The van der Waals surface area contributed by atoms with Gasteiger partial charge in [0.25, 0.3) is 5.91 Å². The average molecular weight is 366 g/mol. The third kappa shape index (κ3) is 4.74. The highest BCUT2D eigenvalue weighted by Gasteiger charge is 2.20. The summed E-state index contributed by atoms with van der Waals surface area (Å²) in [5.41, 5.74) is 2.02. The number of benzene rings is 2. The largest absolute Gasteiger partial charge is 0.478 e. The van der Waals surface area contributed by atoms with Gasteiger partial charge in [-0.1, -0.05) is 36.8 Å². The number of carboxylic acids is 1. The Kier molecular flexibility index (Phi) is 6.24. The van der Waals surface area contributed by atoms with Gasteiger partial charge in [0.15, 0.2) is 0 Å². The van der Waals surface area contributed by atoms with Crippen LogP contribution in [0.1, 0.15) is 52.0 Å². The molecule has 0 aliphatic carbocycles. The zero-order valence-corrected chi connectivity index (χ0v) is 15.6. The number of rotatable bonds is 6. The molecule has 1 saturated heterocycles. The molecule has 1 atom stereocenters. The Morgan fingerprint density at radius 3 is 2.52 bits per heavy atom. The molecule has 2 aromatic rings. The number of aromatic carboxylic acids is 1. The minimum atomic E-state index is -1.10. The van der Waals surface area contributed by atoms with Gasteiger partial charge >= 0.3 is 5.97 Å². The molecule has 1 aliphatic heterocycles. The number of hydrogen-bond acceptors (Lipinski definition) is 3. The number of aryl methyl sites for hydroxylation is 1. The van der Waals surface area contributed by atoms with Gasteiger partial charge in [0.1, 0.15) is 0 Å². The summed E-state index contributed by atoms with van der Waals surface area (Å²) in [7, 11) is 2.18. The van der Waals surface area contributed by atoms with Crippen LogP contribution < -0.4 is 5.32 Å². The van der Waals surface area contributed by atoms with Gasteiger partial charge in [0.05, 0.1) is 11.1 Å². The summed E-state index contributed by atoms with van der Waals surface area (Å²) in [4.78, 5) is 26.5. The fraction of sp³-hybridized carbons (Fsp3) is 0.364. The van der Waals surface area contributed by atoms with Crippen LogP contribution >= 0.6 is 0 Å². The summed E-state index contributed by atoms with van der Waals surface area (Å²) >= 11 is 0. The summed E-state index contributed by atoms with van der Waals surface area (Å²) in [6.07, 6.45) is 5.69. The first kappa shape index (κ1) is 19.1. The van der Waals surface area contributed by atoms with Crippen LogP contribution in [0.2, 0.25) is 0 Å². The van der Waals surface area contributed by atoms with Crippen molar-refractivity contribution in [2.75, 3.05) is 18.9 Å². The van der Waals surface area contributed by atoms with E-state index in [4.69, 9.17) is 0 Å². The lowest BCUT2D eigenvalue weighted by atomic mass is 9.96. The van der Waals surface area contributed by atoms with Crippen molar-refractivity contribution in [2.45, 2.75) is 38.1 Å². The van der Waals surface area contributed by atoms with E-state index in [1.807, 2.05) is 24.3 Å². The van der Waals surface area contributed by atoms with E-state index < -0.39 is 11.9 Å². The van der Waals surface area contributed by atoms with Crippen molar-refractivity contribution in [2.24, 2.45) is 0 Å². The van der Waals surface area contributed by atoms with E-state index in [1.165, 1.54) is 25.3 Å². The van der Waals surface area contributed by atoms with Crippen molar-refractivity contribution >= 4 is 17.6 Å². The first-order valence-electron chi connectivity index (χ1n) is 9.48. The van der Waals surface area contributed by atoms with Gasteiger partial charge in [-0.25, -0.2) is 4.79 Å². The highest BCUT2D eigenvalue weighted by Crippen LogP contribution is 2.23. The van der Waals surface area contributed by atoms with E-state index in [9.17, 15) is 14.7 Å². The molecule has 0 bridgehead atoms. The predicted molar refractivity (Wildman–Crippen MR) is 106 cm³/mol. The Morgan fingerprint density at radius 2 is 1.78 bits per heavy atom. The van der Waals surface area contributed by atoms with Gasteiger partial charge in [-0.3, -0.25) is 4.79 Å². The van der Waals surface area contributed by atoms with E-state index in [-0.39, 0.29) is 11.1 Å². The number of carboxylic acid groups (broad SMARTS) is 1. The SMILES string of the molecule is CN1CCCCC1CCc1ccccc1NC(=O)c1ccccc1C(=O)O. The highest BCUT2D eigenvalue weighted by atomic mass is 16.4. The molecule has 5 heteroatoms. The monoisotopic (exact) mass is 366 g/mol. The van der Waals surface area contributed by atoms with Crippen LogP contribution in [-0.4, -0.2) is 41.5 Å². The van der Waals surface area contributed by atoms with Crippen LogP contribution in [0.25, 0.3) is 0 Å². The Morgan fingerprint density at radius 1 is 1.07 bits per heavy atom. The van der Waals surface area contributed by atoms with Gasteiger partial charge in [-0.15, -0.1) is 0 Å². The van der Waals surface area contributed by atoms with Crippen LogP contribution in [0.5, 0.6) is 0 Å². The smallest absolute Gasteiger partial charge is 0.336 e. The molecule has 1 aliphatic rings. The molecule has 27 heavy (non-hydrogen) atoms. The molecule has 2 aromatic carbocycles. The summed E-state index contributed by atoms with van der Waals surface area (Å²) in [5.74, 6) is -1.50. The Hall–Kier alpha value is -2.66. The van der Waals surface area contributed by atoms with Crippen molar-refractivity contribution in [3.8, 4) is 0 Å². The molecule has 142 valence electrons. The van der Waals surface area contributed by atoms with Gasteiger partial charge in [0, 0.05) is 11.7 Å². The normalized spacial score (nSPS) is 17.4. The Bertz CT molecular complexity index is 819. The molecule has 0 radical (unpaired) electrons. The van der Waals surface area contributed by atoms with E-state index in [0.29, 0.717) is 6.04 Å². The van der Waals surface area contributed by atoms with Crippen molar-refractivity contribution < 1.29 is 14.7 Å². The first-order chi connectivity index (χ1) is 13.1. The number of carbonyl (C=O) groups excluding carboxylic acids is 1. The lowest BCUT2D eigenvalue weighted by Gasteiger charge is -2.32. The Labute approximate surface area is 160 Å². The molecule has 0 aromatic heterocycles. The number of likely N-dealkylation sites (tertiary alicyclic amines) is 1. The standard InChI is InChI=1S/C22H26N2O3/c1-24-15-7-6-9-17(24)14-13-16-8-2-5-12-20(16)23-21(25)18-10-3-4-11-19(18)22(26)27/h2-5,8,10-12,17H,6-7,9,13-15H2,1H3,(H,23,25)(H,26,27). The molecule has 0 saturated carbocycles. The molecular weight excluding hydrogens is 340 g/mol. The molecule has 1 heterocycles. The number of hydrogen-bond donors (Lipinski definition) is 2. The maximum Gasteiger partial charge on any atom is 0.336 e. The second kappa shape index (κ2) is 8.82. The first-order valence-corrected chi connectivity index (χ1v) is 9.48. The van der Waals surface area contributed by atoms with Crippen LogP contribution in [0.3, 0.4) is 0 Å². The van der Waals surface area contributed by atoms with Gasteiger partial charge in [-0.2, -0.15) is 0 Å². The minimum Gasteiger partial charge on any atom is -0.478 e. The molecule has 2 N–H and O–H groups in total. The molecule has 1 fully saturated rings. The lowest BCUT2D eigenvalue weighted by molar-refractivity contribution is 0.0692. The molecule has 3 rings (SSSR count). The number of piperidine rings is 1. The van der Waals surface area contributed by atoms with Crippen LogP contribution in [0.15, 0.2) is 48.5 Å². The fourth-order valence-corrected chi connectivity index (χ4v) is 3.75. The van der Waals surface area contributed by atoms with Crippen LogP contribution in [-0.2, 0) is 6.42 Å². The quantitative estimate of drug-likeness (QED) is 0.809. The third-order valence-electron chi connectivity index (χ3n) is 5.34. The van der Waals surface area contributed by atoms with E-state index in [2.05, 4.69) is 17.3 Å². The highest BCUT2D eigenvalue weighted by molar-refractivity contribution is 6.10. The van der Waals surface area contributed by atoms with E-state index in [1.54, 1.807) is 18.2 Å². The van der Waals surface area contributed by atoms with Crippen molar-refractivity contribution in [3.63, 3.8) is 0 Å². The summed E-state index contributed by atoms with van der Waals surface area (Å²) in [6.45, 7) is 1.15.